The summed E-state index contributed by atoms with van der Waals surface area (Å²) in [7, 11) is 0. The largest absolute Gasteiger partial charge is 0.462 e. The van der Waals surface area contributed by atoms with Crippen LogP contribution in [0.25, 0.3) is 0 Å². The summed E-state index contributed by atoms with van der Waals surface area (Å²) in [5, 5.41) is 0. The molecular weight excluding hydrogens is 636 g/mol. The summed E-state index contributed by atoms with van der Waals surface area (Å²) in [6.07, 6.45) is 43.3. The Bertz CT molecular complexity index is 835. The quantitative estimate of drug-likeness (QED) is 0.0272. The minimum atomic E-state index is -0.770. The van der Waals surface area contributed by atoms with Gasteiger partial charge in [0.15, 0.2) is 6.10 Å². The van der Waals surface area contributed by atoms with Crippen LogP contribution in [0.3, 0.4) is 0 Å². The first kappa shape index (κ1) is 48.9. The van der Waals surface area contributed by atoms with Gasteiger partial charge in [-0.3, -0.25) is 14.4 Å². The number of rotatable bonds is 39. The van der Waals surface area contributed by atoms with E-state index < -0.39 is 6.10 Å². The van der Waals surface area contributed by atoms with Crippen LogP contribution in [0.4, 0.5) is 0 Å². The fourth-order valence-electron chi connectivity index (χ4n) is 6.08. The van der Waals surface area contributed by atoms with Gasteiger partial charge in [0.25, 0.3) is 0 Å². The first-order valence-corrected chi connectivity index (χ1v) is 21.8. The third-order valence-corrected chi connectivity index (χ3v) is 9.43. The Morgan fingerprint density at radius 3 is 0.980 bits per heavy atom. The zero-order valence-electron chi connectivity index (χ0n) is 33.9. The lowest BCUT2D eigenvalue weighted by molar-refractivity contribution is -0.167. The van der Waals surface area contributed by atoms with Gasteiger partial charge in [0.05, 0.1) is 0 Å². The standard InChI is InChI=1S/C45H82O6/c1-4-7-10-13-15-17-19-21-23-25-27-29-32-35-38-44(47)50-41-42(40-49-43(46)37-34-31-12-9-6-3)51-45(48)39-36-33-30-28-26-24-22-20-18-16-14-11-8-5-2/h19-22,42H,4-18,23-41H2,1-3H3/b21-19-,22-20-. The molecule has 1 unspecified atom stereocenters. The summed E-state index contributed by atoms with van der Waals surface area (Å²) in [4.78, 5) is 37.4. The van der Waals surface area contributed by atoms with Crippen molar-refractivity contribution in [2.75, 3.05) is 13.2 Å². The van der Waals surface area contributed by atoms with Crippen LogP contribution in [0.2, 0.25) is 0 Å². The third-order valence-electron chi connectivity index (χ3n) is 9.43. The monoisotopic (exact) mass is 719 g/mol. The van der Waals surface area contributed by atoms with Gasteiger partial charge in [-0.1, -0.05) is 161 Å². The lowest BCUT2D eigenvalue weighted by Crippen LogP contribution is -2.30. The van der Waals surface area contributed by atoms with Gasteiger partial charge in [-0.05, 0) is 70.6 Å². The maximum Gasteiger partial charge on any atom is 0.306 e. The number of ether oxygens (including phenoxy) is 3. The van der Waals surface area contributed by atoms with Gasteiger partial charge in [0.2, 0.25) is 0 Å². The van der Waals surface area contributed by atoms with Gasteiger partial charge < -0.3 is 14.2 Å². The smallest absolute Gasteiger partial charge is 0.306 e. The predicted octanol–water partition coefficient (Wildman–Crippen LogP) is 13.6. The van der Waals surface area contributed by atoms with Gasteiger partial charge in [-0.2, -0.15) is 0 Å². The maximum atomic E-state index is 12.6. The van der Waals surface area contributed by atoms with E-state index in [0.717, 1.165) is 77.0 Å². The number of allylic oxidation sites excluding steroid dienone is 4. The van der Waals surface area contributed by atoms with E-state index in [9.17, 15) is 14.4 Å². The van der Waals surface area contributed by atoms with Crippen LogP contribution < -0.4 is 0 Å². The van der Waals surface area contributed by atoms with Crippen LogP contribution in [0.15, 0.2) is 24.3 Å². The van der Waals surface area contributed by atoms with Crippen LogP contribution >= 0.6 is 0 Å². The Hall–Kier alpha value is -2.11. The molecule has 0 aromatic carbocycles. The molecule has 51 heavy (non-hydrogen) atoms. The van der Waals surface area contributed by atoms with Crippen molar-refractivity contribution in [2.45, 2.75) is 232 Å². The molecule has 0 radical (unpaired) electrons. The van der Waals surface area contributed by atoms with Crippen LogP contribution in [0.5, 0.6) is 0 Å². The van der Waals surface area contributed by atoms with Crippen LogP contribution in [-0.4, -0.2) is 37.2 Å². The number of hydrogen-bond acceptors (Lipinski definition) is 6. The fraction of sp³-hybridized carbons (Fsp3) is 0.844. The Morgan fingerprint density at radius 1 is 0.373 bits per heavy atom. The molecule has 0 heterocycles. The fourth-order valence-corrected chi connectivity index (χ4v) is 6.08. The summed E-state index contributed by atoms with van der Waals surface area (Å²) in [6.45, 7) is 6.51. The zero-order valence-corrected chi connectivity index (χ0v) is 33.9. The zero-order chi connectivity index (χ0) is 37.3. The van der Waals surface area contributed by atoms with Crippen molar-refractivity contribution < 1.29 is 28.6 Å². The first-order chi connectivity index (χ1) is 25.0. The highest BCUT2D eigenvalue weighted by Crippen LogP contribution is 2.13. The molecule has 0 rings (SSSR count). The van der Waals surface area contributed by atoms with E-state index in [2.05, 4.69) is 45.1 Å². The molecule has 0 aromatic heterocycles. The summed E-state index contributed by atoms with van der Waals surface area (Å²) in [6, 6.07) is 0. The second-order valence-electron chi connectivity index (χ2n) is 14.6. The molecular formula is C45H82O6. The second-order valence-corrected chi connectivity index (χ2v) is 14.6. The number of hydrogen-bond donors (Lipinski definition) is 0. The Balaban J connectivity index is 4.26. The van der Waals surface area contributed by atoms with Crippen molar-refractivity contribution in [1.82, 2.24) is 0 Å². The Morgan fingerprint density at radius 2 is 0.647 bits per heavy atom. The van der Waals surface area contributed by atoms with E-state index >= 15 is 0 Å². The summed E-state index contributed by atoms with van der Waals surface area (Å²) < 4.78 is 16.6. The number of esters is 3. The van der Waals surface area contributed by atoms with Gasteiger partial charge in [-0.15, -0.1) is 0 Å². The molecule has 0 aliphatic heterocycles. The summed E-state index contributed by atoms with van der Waals surface area (Å²) >= 11 is 0. The lowest BCUT2D eigenvalue weighted by Gasteiger charge is -2.18. The van der Waals surface area contributed by atoms with Crippen molar-refractivity contribution in [1.29, 1.82) is 0 Å². The average molecular weight is 719 g/mol. The van der Waals surface area contributed by atoms with Crippen LogP contribution in [0.1, 0.15) is 226 Å². The first-order valence-electron chi connectivity index (χ1n) is 21.8. The van der Waals surface area contributed by atoms with E-state index in [0.29, 0.717) is 19.3 Å². The number of carbonyl (C=O) groups is 3. The van der Waals surface area contributed by atoms with Crippen LogP contribution in [-0.2, 0) is 28.6 Å². The minimum absolute atomic E-state index is 0.0770. The van der Waals surface area contributed by atoms with Gasteiger partial charge in [0, 0.05) is 19.3 Å². The van der Waals surface area contributed by atoms with E-state index in [4.69, 9.17) is 14.2 Å². The van der Waals surface area contributed by atoms with E-state index in [1.165, 1.54) is 109 Å². The lowest BCUT2D eigenvalue weighted by atomic mass is 10.1. The summed E-state index contributed by atoms with van der Waals surface area (Å²) in [5.74, 6) is -0.907. The van der Waals surface area contributed by atoms with Crippen molar-refractivity contribution >= 4 is 17.9 Å². The molecule has 0 amide bonds. The molecule has 0 fully saturated rings. The molecule has 0 aliphatic carbocycles. The molecule has 6 heteroatoms. The molecule has 0 aliphatic rings. The third kappa shape index (κ3) is 38.9. The minimum Gasteiger partial charge on any atom is -0.462 e. The van der Waals surface area contributed by atoms with Crippen molar-refractivity contribution in [3.8, 4) is 0 Å². The molecule has 6 nitrogen and oxygen atoms in total. The number of carbonyl (C=O) groups excluding carboxylic acids is 3. The molecule has 0 saturated heterocycles. The molecule has 0 aromatic rings. The molecule has 0 N–H and O–H groups in total. The van der Waals surface area contributed by atoms with E-state index in [1.807, 2.05) is 0 Å². The molecule has 0 spiro atoms. The normalized spacial score (nSPS) is 12.1. The highest BCUT2D eigenvalue weighted by atomic mass is 16.6. The Labute approximate surface area is 315 Å². The molecule has 0 bridgehead atoms. The van der Waals surface area contributed by atoms with Gasteiger partial charge >= 0.3 is 17.9 Å². The average Bonchev–Trinajstić information content (AvgIpc) is 3.12. The molecule has 298 valence electrons. The van der Waals surface area contributed by atoms with E-state index in [-0.39, 0.29) is 31.1 Å². The van der Waals surface area contributed by atoms with Gasteiger partial charge in [-0.25, -0.2) is 0 Å². The maximum absolute atomic E-state index is 12.6. The van der Waals surface area contributed by atoms with Crippen molar-refractivity contribution in [2.24, 2.45) is 0 Å². The van der Waals surface area contributed by atoms with Crippen molar-refractivity contribution in [3.05, 3.63) is 24.3 Å². The predicted molar refractivity (Wildman–Crippen MR) is 215 cm³/mol. The van der Waals surface area contributed by atoms with Crippen LogP contribution in [0, 0.1) is 0 Å². The molecule has 1 atom stereocenters. The molecule has 0 saturated carbocycles. The highest BCUT2D eigenvalue weighted by Gasteiger charge is 2.19. The number of unbranched alkanes of at least 4 members (excludes halogenated alkanes) is 24. The summed E-state index contributed by atoms with van der Waals surface area (Å²) in [5.41, 5.74) is 0. The van der Waals surface area contributed by atoms with E-state index in [1.54, 1.807) is 0 Å². The second kappa shape index (κ2) is 40.7. The highest BCUT2D eigenvalue weighted by molar-refractivity contribution is 5.71. The Kier molecular flexibility index (Phi) is 39.0. The van der Waals surface area contributed by atoms with Crippen molar-refractivity contribution in [3.63, 3.8) is 0 Å². The topological polar surface area (TPSA) is 78.9 Å². The van der Waals surface area contributed by atoms with Gasteiger partial charge in [0.1, 0.15) is 13.2 Å². The SMILES string of the molecule is CCCCCCC/C=C\CCCCCCCC(=O)OCC(COC(=O)CCCCCCC)OC(=O)CCCCCCC/C=C\CCCCCCC.